The molecule has 3 heteroatoms. The van der Waals surface area contributed by atoms with Gasteiger partial charge in [0.2, 0.25) is 0 Å². The van der Waals surface area contributed by atoms with Gasteiger partial charge in [-0.1, -0.05) is 42.5 Å². The number of methoxy groups -OCH3 is 1. The lowest BCUT2D eigenvalue weighted by Crippen LogP contribution is -1.99. The van der Waals surface area contributed by atoms with Crippen LogP contribution in [0.15, 0.2) is 60.7 Å². The van der Waals surface area contributed by atoms with E-state index in [1.54, 1.807) is 19.2 Å². The first-order valence-electron chi connectivity index (χ1n) is 6.60. The summed E-state index contributed by atoms with van der Waals surface area (Å²) >= 11 is 0. The summed E-state index contributed by atoms with van der Waals surface area (Å²) in [5.41, 5.74) is 1.94. The Hall–Kier alpha value is -2.81. The Bertz CT molecular complexity index is 822. The van der Waals surface area contributed by atoms with Crippen LogP contribution in [0.25, 0.3) is 21.9 Å². The quantitative estimate of drug-likeness (QED) is 0.780. The van der Waals surface area contributed by atoms with Gasteiger partial charge in [-0.2, -0.15) is 0 Å². The molecule has 3 aromatic rings. The normalized spacial score (nSPS) is 10.5. The molecule has 0 amide bonds. The van der Waals surface area contributed by atoms with Gasteiger partial charge in [-0.25, -0.2) is 4.79 Å². The predicted molar refractivity (Wildman–Crippen MR) is 82.9 cm³/mol. The number of carboxylic acids is 1. The van der Waals surface area contributed by atoms with E-state index in [0.717, 1.165) is 27.6 Å². The van der Waals surface area contributed by atoms with Crippen LogP contribution in [0.2, 0.25) is 0 Å². The van der Waals surface area contributed by atoms with Crippen molar-refractivity contribution in [1.82, 2.24) is 0 Å². The number of rotatable bonds is 3. The molecule has 0 saturated heterocycles. The number of carboxylic acid groups (broad SMARTS) is 1. The molecule has 0 saturated carbocycles. The maximum absolute atomic E-state index is 11.4. The van der Waals surface area contributed by atoms with Crippen molar-refractivity contribution in [3.8, 4) is 16.9 Å². The van der Waals surface area contributed by atoms with Gasteiger partial charge in [-0.15, -0.1) is 0 Å². The summed E-state index contributed by atoms with van der Waals surface area (Å²) in [6.45, 7) is 0. The van der Waals surface area contributed by atoms with Gasteiger partial charge >= 0.3 is 5.97 Å². The van der Waals surface area contributed by atoms with E-state index in [1.165, 1.54) is 0 Å². The summed E-state index contributed by atoms with van der Waals surface area (Å²) in [5.74, 6) is -0.137. The Kier molecular flexibility index (Phi) is 3.32. The maximum Gasteiger partial charge on any atom is 0.336 e. The first-order chi connectivity index (χ1) is 10.2. The van der Waals surface area contributed by atoms with Crippen LogP contribution in [-0.4, -0.2) is 18.2 Å². The van der Waals surface area contributed by atoms with Crippen LogP contribution in [0.3, 0.4) is 0 Å². The first-order valence-corrected chi connectivity index (χ1v) is 6.60. The zero-order chi connectivity index (χ0) is 14.8. The molecule has 0 heterocycles. The maximum atomic E-state index is 11.4. The number of ether oxygens (including phenoxy) is 1. The number of hydrogen-bond donors (Lipinski definition) is 1. The van der Waals surface area contributed by atoms with Gasteiger partial charge in [0.25, 0.3) is 0 Å². The summed E-state index contributed by atoms with van der Waals surface area (Å²) < 4.78 is 5.24. The third-order valence-corrected chi connectivity index (χ3v) is 3.54. The van der Waals surface area contributed by atoms with Gasteiger partial charge in [0.1, 0.15) is 5.75 Å². The van der Waals surface area contributed by atoms with Crippen molar-refractivity contribution >= 4 is 16.7 Å². The number of hydrogen-bond acceptors (Lipinski definition) is 2. The molecule has 21 heavy (non-hydrogen) atoms. The summed E-state index contributed by atoms with van der Waals surface area (Å²) in [7, 11) is 1.63. The molecule has 0 radical (unpaired) electrons. The average Bonchev–Trinajstić information content (AvgIpc) is 2.53. The molecule has 0 atom stereocenters. The van der Waals surface area contributed by atoms with Crippen LogP contribution in [0.5, 0.6) is 5.75 Å². The second kappa shape index (κ2) is 5.29. The molecular weight excluding hydrogens is 264 g/mol. The third kappa shape index (κ3) is 2.34. The van der Waals surface area contributed by atoms with E-state index < -0.39 is 5.97 Å². The van der Waals surface area contributed by atoms with E-state index in [2.05, 4.69) is 0 Å². The SMILES string of the molecule is COc1ccc2c(-c3ccccc3C(=O)O)cccc2c1. The fraction of sp³-hybridized carbons (Fsp3) is 0.0556. The first kappa shape index (κ1) is 13.2. The van der Waals surface area contributed by atoms with Gasteiger partial charge in [0, 0.05) is 0 Å². The monoisotopic (exact) mass is 278 g/mol. The van der Waals surface area contributed by atoms with Crippen LogP contribution >= 0.6 is 0 Å². The highest BCUT2D eigenvalue weighted by Crippen LogP contribution is 2.32. The van der Waals surface area contributed by atoms with Crippen LogP contribution in [0, 0.1) is 0 Å². The minimum Gasteiger partial charge on any atom is -0.497 e. The van der Waals surface area contributed by atoms with Crippen LogP contribution < -0.4 is 4.74 Å². The Labute approximate surface area is 122 Å². The summed E-state index contributed by atoms with van der Waals surface area (Å²) in [6.07, 6.45) is 0. The molecular formula is C18H14O3. The molecule has 3 rings (SSSR count). The molecule has 0 bridgehead atoms. The minimum absolute atomic E-state index is 0.306. The van der Waals surface area contributed by atoms with Gasteiger partial charge in [-0.05, 0) is 40.1 Å². The standard InChI is InChI=1S/C18H14O3/c1-21-13-9-10-14-12(11-13)5-4-8-15(14)16-6-2-3-7-17(16)18(19)20/h2-11H,1H3,(H,19,20). The van der Waals surface area contributed by atoms with Crippen LogP contribution in [-0.2, 0) is 0 Å². The molecule has 3 aromatic carbocycles. The van der Waals surface area contributed by atoms with Crippen molar-refractivity contribution in [1.29, 1.82) is 0 Å². The molecule has 0 aliphatic heterocycles. The van der Waals surface area contributed by atoms with Crippen molar-refractivity contribution in [3.05, 3.63) is 66.2 Å². The lowest BCUT2D eigenvalue weighted by molar-refractivity contribution is 0.0698. The Balaban J connectivity index is 2.29. The molecule has 3 nitrogen and oxygen atoms in total. The van der Waals surface area contributed by atoms with E-state index in [0.29, 0.717) is 5.56 Å². The van der Waals surface area contributed by atoms with Crippen molar-refractivity contribution in [2.75, 3.05) is 7.11 Å². The van der Waals surface area contributed by atoms with E-state index in [9.17, 15) is 9.90 Å². The number of fused-ring (bicyclic) bond motifs is 1. The lowest BCUT2D eigenvalue weighted by Gasteiger charge is -2.10. The summed E-state index contributed by atoms with van der Waals surface area (Å²) in [6, 6.07) is 18.7. The molecule has 0 unspecified atom stereocenters. The topological polar surface area (TPSA) is 46.5 Å². The highest BCUT2D eigenvalue weighted by Gasteiger charge is 2.13. The number of benzene rings is 3. The zero-order valence-electron chi connectivity index (χ0n) is 11.5. The third-order valence-electron chi connectivity index (χ3n) is 3.54. The number of carbonyl (C=O) groups is 1. The van der Waals surface area contributed by atoms with E-state index >= 15 is 0 Å². The molecule has 1 N–H and O–H groups in total. The van der Waals surface area contributed by atoms with Gasteiger partial charge < -0.3 is 9.84 Å². The van der Waals surface area contributed by atoms with Crippen LogP contribution in [0.4, 0.5) is 0 Å². The van der Waals surface area contributed by atoms with Crippen molar-refractivity contribution in [2.24, 2.45) is 0 Å². The van der Waals surface area contributed by atoms with E-state index in [4.69, 9.17) is 4.74 Å². The van der Waals surface area contributed by atoms with Crippen molar-refractivity contribution in [2.45, 2.75) is 0 Å². The smallest absolute Gasteiger partial charge is 0.336 e. The second-order valence-corrected chi connectivity index (χ2v) is 4.74. The molecule has 0 fully saturated rings. The lowest BCUT2D eigenvalue weighted by atomic mass is 9.94. The largest absolute Gasteiger partial charge is 0.497 e. The Morgan fingerprint density at radius 2 is 1.71 bits per heavy atom. The van der Waals surface area contributed by atoms with Crippen molar-refractivity contribution < 1.29 is 14.6 Å². The van der Waals surface area contributed by atoms with Crippen molar-refractivity contribution in [3.63, 3.8) is 0 Å². The molecule has 104 valence electrons. The Morgan fingerprint density at radius 1 is 0.952 bits per heavy atom. The zero-order valence-corrected chi connectivity index (χ0v) is 11.5. The van der Waals surface area contributed by atoms with E-state index in [1.807, 2.05) is 48.5 Å². The van der Waals surface area contributed by atoms with Crippen LogP contribution in [0.1, 0.15) is 10.4 Å². The van der Waals surface area contributed by atoms with E-state index in [-0.39, 0.29) is 0 Å². The van der Waals surface area contributed by atoms with Gasteiger partial charge in [-0.3, -0.25) is 0 Å². The fourth-order valence-electron chi connectivity index (χ4n) is 2.53. The second-order valence-electron chi connectivity index (χ2n) is 4.74. The summed E-state index contributed by atoms with van der Waals surface area (Å²) in [5, 5.41) is 11.4. The minimum atomic E-state index is -0.920. The number of aromatic carboxylic acids is 1. The molecule has 0 spiro atoms. The average molecular weight is 278 g/mol. The molecule has 0 aliphatic rings. The van der Waals surface area contributed by atoms with Gasteiger partial charge in [0.05, 0.1) is 12.7 Å². The molecule has 0 aromatic heterocycles. The van der Waals surface area contributed by atoms with Gasteiger partial charge in [0.15, 0.2) is 0 Å². The highest BCUT2D eigenvalue weighted by molar-refractivity contribution is 6.03. The Morgan fingerprint density at radius 3 is 2.48 bits per heavy atom. The highest BCUT2D eigenvalue weighted by atomic mass is 16.5. The predicted octanol–water partition coefficient (Wildman–Crippen LogP) is 4.21. The summed E-state index contributed by atoms with van der Waals surface area (Å²) in [4.78, 5) is 11.4. The molecule has 0 aliphatic carbocycles. The fourth-order valence-corrected chi connectivity index (χ4v) is 2.53.